The number of nitrogens with one attached hydrogen (secondary N) is 1. The van der Waals surface area contributed by atoms with E-state index in [2.05, 4.69) is 5.32 Å². The molecule has 2 amide bonds. The summed E-state index contributed by atoms with van der Waals surface area (Å²) in [5.74, 6) is -0.281. The van der Waals surface area contributed by atoms with Gasteiger partial charge in [0.1, 0.15) is 17.6 Å². The maximum absolute atomic E-state index is 14.0. The summed E-state index contributed by atoms with van der Waals surface area (Å²) in [5.41, 5.74) is 2.08. The number of carbonyl (C=O) groups excluding carboxylic acids is 2. The van der Waals surface area contributed by atoms with Gasteiger partial charge in [0, 0.05) is 32.0 Å². The van der Waals surface area contributed by atoms with Crippen LogP contribution in [0.5, 0.6) is 5.75 Å². The van der Waals surface area contributed by atoms with Gasteiger partial charge in [-0.25, -0.2) is 12.8 Å². The smallest absolute Gasteiger partial charge is 0.243 e. The summed E-state index contributed by atoms with van der Waals surface area (Å²) in [6.07, 6.45) is 6.76. The highest BCUT2D eigenvalue weighted by Crippen LogP contribution is 2.24. The van der Waals surface area contributed by atoms with Crippen molar-refractivity contribution in [2.75, 3.05) is 24.2 Å². The summed E-state index contributed by atoms with van der Waals surface area (Å²) >= 11 is 0. The maximum atomic E-state index is 14.0. The number of benzene rings is 3. The third-order valence-electron chi connectivity index (χ3n) is 8.00. The molecule has 236 valence electrons. The van der Waals surface area contributed by atoms with Gasteiger partial charge in [0.25, 0.3) is 0 Å². The van der Waals surface area contributed by atoms with Crippen LogP contribution in [0.15, 0.2) is 78.9 Å². The molecule has 0 unspecified atom stereocenters. The molecule has 0 aromatic heterocycles. The predicted molar refractivity (Wildman–Crippen MR) is 170 cm³/mol. The monoisotopic (exact) mass is 623 g/mol. The first-order chi connectivity index (χ1) is 21.1. The molecule has 8 nitrogen and oxygen atoms in total. The highest BCUT2D eigenvalue weighted by molar-refractivity contribution is 7.92. The molecule has 3 aromatic carbocycles. The molecular weight excluding hydrogens is 581 g/mol. The minimum Gasteiger partial charge on any atom is -0.497 e. The maximum Gasteiger partial charge on any atom is 0.243 e. The van der Waals surface area contributed by atoms with Crippen molar-refractivity contribution in [3.63, 3.8) is 0 Å². The van der Waals surface area contributed by atoms with E-state index in [-0.39, 0.29) is 49.6 Å². The number of amides is 2. The normalized spacial score (nSPS) is 14.4. The highest BCUT2D eigenvalue weighted by atomic mass is 32.2. The Labute approximate surface area is 260 Å². The number of nitrogens with zero attached hydrogens (tertiary/aromatic N) is 2. The zero-order chi connectivity index (χ0) is 31.5. The van der Waals surface area contributed by atoms with Crippen molar-refractivity contribution in [2.24, 2.45) is 0 Å². The molecule has 0 bridgehead atoms. The Morgan fingerprint density at radius 3 is 2.20 bits per heavy atom. The van der Waals surface area contributed by atoms with Crippen LogP contribution >= 0.6 is 0 Å². The van der Waals surface area contributed by atoms with E-state index in [0.29, 0.717) is 23.4 Å². The van der Waals surface area contributed by atoms with E-state index in [1.165, 1.54) is 23.5 Å². The molecule has 1 aliphatic carbocycles. The van der Waals surface area contributed by atoms with Gasteiger partial charge in [-0.1, -0.05) is 61.7 Å². The highest BCUT2D eigenvalue weighted by Gasteiger charge is 2.32. The van der Waals surface area contributed by atoms with Crippen molar-refractivity contribution in [1.29, 1.82) is 0 Å². The Morgan fingerprint density at radius 1 is 0.932 bits per heavy atom. The van der Waals surface area contributed by atoms with Gasteiger partial charge in [-0.15, -0.1) is 0 Å². The van der Waals surface area contributed by atoms with Gasteiger partial charge in [0.15, 0.2) is 0 Å². The number of hydrogen-bond acceptors (Lipinski definition) is 5. The number of hydrogen-bond donors (Lipinski definition) is 1. The molecule has 44 heavy (non-hydrogen) atoms. The second kappa shape index (κ2) is 15.7. The van der Waals surface area contributed by atoms with Gasteiger partial charge < -0.3 is 15.0 Å². The van der Waals surface area contributed by atoms with Crippen LogP contribution in [0, 0.1) is 5.82 Å². The predicted octanol–water partition coefficient (Wildman–Crippen LogP) is 5.47. The first kappa shape index (κ1) is 33.0. The molecule has 1 atom stereocenters. The third-order valence-corrected chi connectivity index (χ3v) is 9.20. The van der Waals surface area contributed by atoms with Crippen molar-refractivity contribution in [3.8, 4) is 5.75 Å². The van der Waals surface area contributed by atoms with E-state index in [0.717, 1.165) is 43.9 Å². The average Bonchev–Trinajstić information content (AvgIpc) is 3.02. The van der Waals surface area contributed by atoms with Crippen molar-refractivity contribution >= 4 is 27.5 Å². The summed E-state index contributed by atoms with van der Waals surface area (Å²) in [7, 11) is -2.09. The number of anilines is 1. The molecule has 0 radical (unpaired) electrons. The fourth-order valence-corrected chi connectivity index (χ4v) is 6.60. The summed E-state index contributed by atoms with van der Waals surface area (Å²) in [6, 6.07) is 21.4. The number of sulfonamides is 1. The largest absolute Gasteiger partial charge is 0.497 e. The summed E-state index contributed by atoms with van der Waals surface area (Å²) in [5, 5.41) is 3.20. The molecule has 4 rings (SSSR count). The van der Waals surface area contributed by atoms with E-state index < -0.39 is 16.1 Å². The molecule has 0 saturated heterocycles. The van der Waals surface area contributed by atoms with Crippen LogP contribution in [-0.4, -0.2) is 57.1 Å². The first-order valence-corrected chi connectivity index (χ1v) is 17.0. The molecular formula is C34H42FN3O5S. The van der Waals surface area contributed by atoms with Gasteiger partial charge in [0.2, 0.25) is 21.8 Å². The molecule has 3 aromatic rings. The Morgan fingerprint density at radius 2 is 1.59 bits per heavy atom. The average molecular weight is 624 g/mol. The number of ether oxygens (including phenoxy) is 1. The van der Waals surface area contributed by atoms with Gasteiger partial charge in [-0.2, -0.15) is 0 Å². The van der Waals surface area contributed by atoms with E-state index in [4.69, 9.17) is 4.74 Å². The van der Waals surface area contributed by atoms with Gasteiger partial charge in [-0.05, 0) is 66.8 Å². The lowest BCUT2D eigenvalue weighted by atomic mass is 9.94. The number of carbonyl (C=O) groups is 2. The molecule has 1 N–H and O–H groups in total. The minimum absolute atomic E-state index is 0.0192. The van der Waals surface area contributed by atoms with Gasteiger partial charge in [0.05, 0.1) is 19.1 Å². The van der Waals surface area contributed by atoms with Crippen LogP contribution in [0.4, 0.5) is 10.1 Å². The number of methoxy groups -OCH3 is 1. The van der Waals surface area contributed by atoms with Crippen LogP contribution in [-0.2, 0) is 32.6 Å². The zero-order valence-electron chi connectivity index (χ0n) is 25.5. The second-order valence-electron chi connectivity index (χ2n) is 11.3. The molecule has 0 heterocycles. The van der Waals surface area contributed by atoms with E-state index in [9.17, 15) is 22.4 Å². The van der Waals surface area contributed by atoms with E-state index >= 15 is 0 Å². The lowest BCUT2D eigenvalue weighted by molar-refractivity contribution is -0.141. The van der Waals surface area contributed by atoms with E-state index in [1.807, 2.05) is 30.3 Å². The Balaban J connectivity index is 1.57. The fraction of sp³-hybridized carbons (Fsp3) is 0.412. The Hall–Kier alpha value is -3.92. The van der Waals surface area contributed by atoms with Crippen molar-refractivity contribution in [1.82, 2.24) is 10.2 Å². The van der Waals surface area contributed by atoms with Crippen LogP contribution in [0.2, 0.25) is 0 Å². The quantitative estimate of drug-likeness (QED) is 0.257. The molecule has 1 aliphatic rings. The number of halogens is 1. The minimum atomic E-state index is -3.63. The van der Waals surface area contributed by atoms with Gasteiger partial charge >= 0.3 is 0 Å². The SMILES string of the molecule is COc1ccc(N(CCCC(=O)N(Cc2ccc(F)cc2)[C@H](Cc2ccccc2)C(=O)NC2CCCCC2)S(C)(=O)=O)cc1. The zero-order valence-corrected chi connectivity index (χ0v) is 26.3. The molecule has 0 aliphatic heterocycles. The van der Waals surface area contributed by atoms with Crippen LogP contribution < -0.4 is 14.4 Å². The van der Waals surface area contributed by atoms with Crippen molar-refractivity contribution in [2.45, 2.75) is 70.0 Å². The third kappa shape index (κ3) is 9.54. The van der Waals surface area contributed by atoms with Gasteiger partial charge in [-0.3, -0.25) is 13.9 Å². The topological polar surface area (TPSA) is 96.0 Å². The standard InChI is InChI=1S/C34H42FN3O5S/c1-43-31-21-19-30(20-22-31)38(44(2,41)42)23-9-14-33(39)37(25-27-15-17-28(35)18-16-27)32(24-26-10-5-3-6-11-26)34(40)36-29-12-7-4-8-13-29/h3,5-6,10-11,15-22,29,32H,4,7-9,12-14,23-25H2,1-2H3,(H,36,40)/t32-/m1/s1. The Kier molecular flexibility index (Phi) is 11.8. The molecule has 1 saturated carbocycles. The first-order valence-electron chi connectivity index (χ1n) is 15.1. The lowest BCUT2D eigenvalue weighted by Crippen LogP contribution is -2.52. The molecule has 0 spiro atoms. The van der Waals surface area contributed by atoms with E-state index in [1.54, 1.807) is 41.3 Å². The van der Waals surface area contributed by atoms with Crippen molar-refractivity contribution in [3.05, 3.63) is 95.8 Å². The molecule has 1 fully saturated rings. The van der Waals surface area contributed by atoms with Crippen LogP contribution in [0.25, 0.3) is 0 Å². The van der Waals surface area contributed by atoms with Crippen LogP contribution in [0.3, 0.4) is 0 Å². The number of rotatable bonds is 14. The summed E-state index contributed by atoms with van der Waals surface area (Å²) in [4.78, 5) is 29.4. The van der Waals surface area contributed by atoms with Crippen molar-refractivity contribution < 1.29 is 27.1 Å². The summed E-state index contributed by atoms with van der Waals surface area (Å²) < 4.78 is 45.5. The summed E-state index contributed by atoms with van der Waals surface area (Å²) in [6.45, 7) is 0.196. The second-order valence-corrected chi connectivity index (χ2v) is 13.2. The molecule has 10 heteroatoms. The van der Waals surface area contributed by atoms with Crippen LogP contribution in [0.1, 0.15) is 56.1 Å². The Bertz CT molecular complexity index is 1460. The lowest BCUT2D eigenvalue weighted by Gasteiger charge is -2.34. The fourth-order valence-electron chi connectivity index (χ4n) is 5.64.